The van der Waals surface area contributed by atoms with E-state index in [0.717, 1.165) is 25.7 Å². The average molecular weight is 270 g/mol. The highest BCUT2D eigenvalue weighted by Gasteiger charge is 2.23. The second-order valence-electron chi connectivity index (χ2n) is 4.35. The Labute approximate surface area is 102 Å². The fourth-order valence-corrected chi connectivity index (χ4v) is 3.58. The number of hydrogen-bond acceptors (Lipinski definition) is 3. The monoisotopic (exact) mass is 269 g/mol. The van der Waals surface area contributed by atoms with Crippen molar-refractivity contribution >= 4 is 21.6 Å². The SMILES string of the molecule is O=S(=O)(CCCCCl)NC1CCCC(O)C1. The molecule has 0 radical (unpaired) electrons. The van der Waals surface area contributed by atoms with Crippen LogP contribution in [0.4, 0.5) is 0 Å². The lowest BCUT2D eigenvalue weighted by molar-refractivity contribution is 0.117. The summed E-state index contributed by atoms with van der Waals surface area (Å²) in [6, 6.07) is -0.0928. The summed E-state index contributed by atoms with van der Waals surface area (Å²) in [7, 11) is -3.20. The van der Waals surface area contributed by atoms with Crippen molar-refractivity contribution in [3.8, 4) is 0 Å². The fourth-order valence-electron chi connectivity index (χ4n) is 1.97. The topological polar surface area (TPSA) is 66.4 Å². The molecule has 0 aromatic rings. The summed E-state index contributed by atoms with van der Waals surface area (Å²) in [5.41, 5.74) is 0. The van der Waals surface area contributed by atoms with E-state index in [1.807, 2.05) is 0 Å². The molecule has 2 N–H and O–H groups in total. The van der Waals surface area contributed by atoms with Crippen molar-refractivity contribution in [1.29, 1.82) is 0 Å². The van der Waals surface area contributed by atoms with Crippen molar-refractivity contribution < 1.29 is 13.5 Å². The Hall–Kier alpha value is 0.160. The van der Waals surface area contributed by atoms with Crippen LogP contribution < -0.4 is 4.72 Å². The van der Waals surface area contributed by atoms with Crippen LogP contribution in [0.15, 0.2) is 0 Å². The number of sulfonamides is 1. The highest BCUT2D eigenvalue weighted by Crippen LogP contribution is 2.19. The fraction of sp³-hybridized carbons (Fsp3) is 1.00. The summed E-state index contributed by atoms with van der Waals surface area (Å²) in [5.74, 6) is 0.629. The van der Waals surface area contributed by atoms with Gasteiger partial charge < -0.3 is 5.11 Å². The number of aliphatic hydroxyl groups excluding tert-OH is 1. The molecular weight excluding hydrogens is 250 g/mol. The molecular formula is C10H20ClNO3S. The van der Waals surface area contributed by atoms with Crippen molar-refractivity contribution in [3.05, 3.63) is 0 Å². The predicted molar refractivity (Wildman–Crippen MR) is 65.1 cm³/mol. The number of alkyl halides is 1. The summed E-state index contributed by atoms with van der Waals surface area (Å²) >= 11 is 5.49. The van der Waals surface area contributed by atoms with Gasteiger partial charge in [-0.1, -0.05) is 0 Å². The Balaban J connectivity index is 2.33. The van der Waals surface area contributed by atoms with Crippen LogP contribution in [0.25, 0.3) is 0 Å². The summed E-state index contributed by atoms with van der Waals surface area (Å²) in [5, 5.41) is 9.44. The Morgan fingerprint density at radius 3 is 2.69 bits per heavy atom. The lowest BCUT2D eigenvalue weighted by atomic mass is 9.94. The van der Waals surface area contributed by atoms with E-state index in [2.05, 4.69) is 4.72 Å². The largest absolute Gasteiger partial charge is 0.393 e. The van der Waals surface area contributed by atoms with E-state index < -0.39 is 10.0 Å². The maximum atomic E-state index is 11.6. The molecule has 0 aromatic carbocycles. The highest BCUT2D eigenvalue weighted by atomic mass is 35.5. The average Bonchev–Trinajstić information content (AvgIpc) is 2.17. The van der Waals surface area contributed by atoms with Crippen LogP contribution in [0.1, 0.15) is 38.5 Å². The molecule has 96 valence electrons. The van der Waals surface area contributed by atoms with Crippen molar-refractivity contribution in [2.75, 3.05) is 11.6 Å². The van der Waals surface area contributed by atoms with E-state index in [9.17, 15) is 13.5 Å². The lowest BCUT2D eigenvalue weighted by Gasteiger charge is -2.26. The molecule has 0 bridgehead atoms. The number of rotatable bonds is 6. The number of hydrogen-bond donors (Lipinski definition) is 2. The molecule has 4 nitrogen and oxygen atoms in total. The van der Waals surface area contributed by atoms with E-state index in [1.54, 1.807) is 0 Å². The lowest BCUT2D eigenvalue weighted by Crippen LogP contribution is -2.40. The Kier molecular flexibility index (Phi) is 6.03. The van der Waals surface area contributed by atoms with Gasteiger partial charge in [0.25, 0.3) is 0 Å². The second kappa shape index (κ2) is 6.79. The summed E-state index contributed by atoms with van der Waals surface area (Å²) in [6.45, 7) is 0. The molecule has 0 aliphatic heterocycles. The molecule has 16 heavy (non-hydrogen) atoms. The number of aliphatic hydroxyl groups is 1. The molecule has 0 saturated heterocycles. The summed E-state index contributed by atoms with van der Waals surface area (Å²) in [4.78, 5) is 0. The van der Waals surface area contributed by atoms with Gasteiger partial charge in [0.05, 0.1) is 11.9 Å². The van der Waals surface area contributed by atoms with Crippen LogP contribution in [0.5, 0.6) is 0 Å². The predicted octanol–water partition coefficient (Wildman–Crippen LogP) is 1.23. The molecule has 0 spiro atoms. The molecule has 0 aromatic heterocycles. The third-order valence-corrected chi connectivity index (χ3v) is 4.58. The maximum Gasteiger partial charge on any atom is 0.211 e. The third-order valence-electron chi connectivity index (χ3n) is 2.79. The quantitative estimate of drug-likeness (QED) is 0.563. The van der Waals surface area contributed by atoms with Crippen LogP contribution in [-0.4, -0.2) is 37.3 Å². The van der Waals surface area contributed by atoms with E-state index in [4.69, 9.17) is 11.6 Å². The zero-order valence-electron chi connectivity index (χ0n) is 9.36. The maximum absolute atomic E-state index is 11.6. The van der Waals surface area contributed by atoms with Gasteiger partial charge in [0.15, 0.2) is 0 Å². The minimum Gasteiger partial charge on any atom is -0.393 e. The molecule has 1 aliphatic carbocycles. The van der Waals surface area contributed by atoms with Gasteiger partial charge in [0.1, 0.15) is 0 Å². The highest BCUT2D eigenvalue weighted by molar-refractivity contribution is 7.89. The number of nitrogens with one attached hydrogen (secondary N) is 1. The first kappa shape index (κ1) is 14.2. The zero-order chi connectivity index (χ0) is 12.0. The van der Waals surface area contributed by atoms with Crippen LogP contribution in [0.2, 0.25) is 0 Å². The Morgan fingerprint density at radius 1 is 1.31 bits per heavy atom. The Morgan fingerprint density at radius 2 is 2.06 bits per heavy atom. The third kappa shape index (κ3) is 5.48. The number of unbranched alkanes of at least 4 members (excludes halogenated alkanes) is 1. The molecule has 6 heteroatoms. The standard InChI is InChI=1S/C10H20ClNO3S/c11-6-1-2-7-16(14,15)12-9-4-3-5-10(13)8-9/h9-10,12-13H,1-8H2. The van der Waals surface area contributed by atoms with Crippen LogP contribution in [0.3, 0.4) is 0 Å². The number of halogens is 1. The minimum absolute atomic E-state index is 0.0928. The van der Waals surface area contributed by atoms with Gasteiger partial charge in [0.2, 0.25) is 10.0 Å². The van der Waals surface area contributed by atoms with Crippen molar-refractivity contribution in [2.45, 2.75) is 50.7 Å². The molecule has 1 rings (SSSR count). The van der Waals surface area contributed by atoms with Crippen molar-refractivity contribution in [2.24, 2.45) is 0 Å². The van der Waals surface area contributed by atoms with Crippen LogP contribution in [-0.2, 0) is 10.0 Å². The van der Waals surface area contributed by atoms with Crippen LogP contribution in [0, 0.1) is 0 Å². The van der Waals surface area contributed by atoms with Crippen LogP contribution >= 0.6 is 11.6 Å². The molecule has 1 saturated carbocycles. The zero-order valence-corrected chi connectivity index (χ0v) is 10.9. The normalized spacial score (nSPS) is 26.9. The Bertz CT molecular complexity index is 294. The van der Waals surface area contributed by atoms with Gasteiger partial charge in [-0.3, -0.25) is 0 Å². The first-order valence-electron chi connectivity index (χ1n) is 5.77. The first-order valence-corrected chi connectivity index (χ1v) is 7.96. The van der Waals surface area contributed by atoms with Gasteiger partial charge in [-0.05, 0) is 38.5 Å². The minimum atomic E-state index is -3.20. The molecule has 2 atom stereocenters. The molecule has 0 amide bonds. The molecule has 2 unspecified atom stereocenters. The van der Waals surface area contributed by atoms with Gasteiger partial charge in [0, 0.05) is 11.9 Å². The van der Waals surface area contributed by atoms with Gasteiger partial charge in [-0.25, -0.2) is 13.1 Å². The van der Waals surface area contributed by atoms with Gasteiger partial charge >= 0.3 is 0 Å². The van der Waals surface area contributed by atoms with E-state index >= 15 is 0 Å². The molecule has 0 heterocycles. The van der Waals surface area contributed by atoms with E-state index in [1.165, 1.54) is 0 Å². The van der Waals surface area contributed by atoms with E-state index in [0.29, 0.717) is 18.7 Å². The van der Waals surface area contributed by atoms with E-state index in [-0.39, 0.29) is 17.9 Å². The van der Waals surface area contributed by atoms with Crippen molar-refractivity contribution in [1.82, 2.24) is 4.72 Å². The molecule has 1 aliphatic rings. The smallest absolute Gasteiger partial charge is 0.211 e. The summed E-state index contributed by atoms with van der Waals surface area (Å²) in [6.07, 6.45) is 3.98. The van der Waals surface area contributed by atoms with Gasteiger partial charge in [-0.2, -0.15) is 0 Å². The second-order valence-corrected chi connectivity index (χ2v) is 6.60. The molecule has 1 fully saturated rings. The summed E-state index contributed by atoms with van der Waals surface area (Å²) < 4.78 is 25.9. The van der Waals surface area contributed by atoms with Crippen molar-refractivity contribution in [3.63, 3.8) is 0 Å². The first-order chi connectivity index (χ1) is 7.53. The van der Waals surface area contributed by atoms with Gasteiger partial charge in [-0.15, -0.1) is 11.6 Å².